The van der Waals surface area contributed by atoms with E-state index in [2.05, 4.69) is 22.6 Å². The molecule has 2 rings (SSSR count). The predicted octanol–water partition coefficient (Wildman–Crippen LogP) is 4.73. The summed E-state index contributed by atoms with van der Waals surface area (Å²) < 4.78 is 20.3. The van der Waals surface area contributed by atoms with Crippen LogP contribution in [0.15, 0.2) is 36.4 Å². The first-order valence-corrected chi connectivity index (χ1v) is 6.80. The molecule has 2 aromatic carbocycles. The number of Topliss-reactive ketones (excluding diaryl/α,β-unsaturated/α-hetero) is 1. The third kappa shape index (κ3) is 3.32. The van der Waals surface area contributed by atoms with Crippen molar-refractivity contribution in [2.75, 3.05) is 0 Å². The molecule has 0 N–H and O–H groups in total. The van der Waals surface area contributed by atoms with Crippen molar-refractivity contribution in [1.29, 1.82) is 0 Å². The highest BCUT2D eigenvalue weighted by Crippen LogP contribution is 2.28. The zero-order valence-electron chi connectivity index (χ0n) is 10.5. The largest absolute Gasteiger partial charge is 0.457 e. The van der Waals surface area contributed by atoms with E-state index in [0.717, 1.165) is 3.57 Å². The number of hydrogen-bond donors (Lipinski definition) is 0. The molecule has 0 heterocycles. The molecule has 0 unspecified atom stereocenters. The highest BCUT2D eigenvalue weighted by atomic mass is 127. The quantitative estimate of drug-likeness (QED) is 0.577. The van der Waals surface area contributed by atoms with Gasteiger partial charge in [-0.1, -0.05) is 0 Å². The van der Waals surface area contributed by atoms with Gasteiger partial charge in [0, 0.05) is 3.57 Å². The van der Waals surface area contributed by atoms with Crippen LogP contribution in [0.4, 0.5) is 4.39 Å². The molecule has 2 aromatic rings. The normalized spacial score (nSPS) is 10.3. The Kier molecular flexibility index (Phi) is 4.19. The summed E-state index contributed by atoms with van der Waals surface area (Å²) in [4.78, 5) is 11.5. The lowest BCUT2D eigenvalue weighted by atomic mass is 10.1. The van der Waals surface area contributed by atoms with Gasteiger partial charge < -0.3 is 4.74 Å². The molecule has 19 heavy (non-hydrogen) atoms. The number of ketones is 1. The van der Waals surface area contributed by atoms with Gasteiger partial charge in [-0.25, -0.2) is 4.39 Å². The van der Waals surface area contributed by atoms with Crippen LogP contribution in [-0.4, -0.2) is 5.78 Å². The number of carbonyl (C=O) groups excluding carboxylic acids is 1. The molecule has 0 radical (unpaired) electrons. The van der Waals surface area contributed by atoms with E-state index in [1.807, 2.05) is 24.3 Å². The predicted molar refractivity (Wildman–Crippen MR) is 80.4 cm³/mol. The fraction of sp³-hybridized carbons (Fsp3) is 0.133. The Bertz CT molecular complexity index is 621. The smallest absolute Gasteiger partial charge is 0.163 e. The van der Waals surface area contributed by atoms with Crippen LogP contribution in [0.1, 0.15) is 22.8 Å². The maximum absolute atomic E-state index is 13.5. The Morgan fingerprint density at radius 3 is 2.42 bits per heavy atom. The second-order valence-electron chi connectivity index (χ2n) is 4.21. The zero-order chi connectivity index (χ0) is 14.0. The first kappa shape index (κ1) is 14.0. The van der Waals surface area contributed by atoms with Crippen molar-refractivity contribution in [3.63, 3.8) is 0 Å². The Balaban J connectivity index is 2.41. The van der Waals surface area contributed by atoms with Gasteiger partial charge in [-0.3, -0.25) is 4.79 Å². The molecule has 0 spiro atoms. The molecule has 0 aliphatic carbocycles. The van der Waals surface area contributed by atoms with Crippen LogP contribution in [-0.2, 0) is 0 Å². The highest BCUT2D eigenvalue weighted by molar-refractivity contribution is 14.1. The van der Waals surface area contributed by atoms with Crippen LogP contribution in [0.5, 0.6) is 11.5 Å². The van der Waals surface area contributed by atoms with Gasteiger partial charge in [0.25, 0.3) is 0 Å². The third-order valence-corrected chi connectivity index (χ3v) is 3.40. The van der Waals surface area contributed by atoms with Gasteiger partial charge in [0.05, 0.1) is 5.56 Å². The molecular formula is C15H12FIO2. The molecule has 0 aliphatic rings. The minimum Gasteiger partial charge on any atom is -0.457 e. The van der Waals surface area contributed by atoms with Crippen molar-refractivity contribution in [2.24, 2.45) is 0 Å². The molecule has 0 aromatic heterocycles. The van der Waals surface area contributed by atoms with Crippen molar-refractivity contribution < 1.29 is 13.9 Å². The van der Waals surface area contributed by atoms with Crippen LogP contribution >= 0.6 is 22.6 Å². The third-order valence-electron chi connectivity index (χ3n) is 2.68. The minimum absolute atomic E-state index is 0.223. The number of ether oxygens (including phenoxy) is 1. The number of halogens is 2. The standard InChI is InChI=1S/C15H12FIO2/c1-9-7-15(13(10(2)18)8-14(9)16)19-12-5-3-11(17)4-6-12/h3-8H,1-2H3. The fourth-order valence-corrected chi connectivity index (χ4v) is 2.00. The summed E-state index contributed by atoms with van der Waals surface area (Å²) in [5.41, 5.74) is 0.701. The molecule has 0 fully saturated rings. The minimum atomic E-state index is -0.403. The van der Waals surface area contributed by atoms with Crippen molar-refractivity contribution in [3.05, 3.63) is 56.9 Å². The highest BCUT2D eigenvalue weighted by Gasteiger charge is 2.13. The molecule has 0 amide bonds. The van der Waals surface area contributed by atoms with E-state index in [4.69, 9.17) is 4.74 Å². The Labute approximate surface area is 124 Å². The van der Waals surface area contributed by atoms with Crippen molar-refractivity contribution in [2.45, 2.75) is 13.8 Å². The van der Waals surface area contributed by atoms with E-state index in [1.165, 1.54) is 13.0 Å². The number of hydrogen-bond acceptors (Lipinski definition) is 2. The summed E-state index contributed by atoms with van der Waals surface area (Å²) in [6.07, 6.45) is 0. The van der Waals surface area contributed by atoms with E-state index in [-0.39, 0.29) is 11.3 Å². The van der Waals surface area contributed by atoms with Gasteiger partial charge in [-0.05, 0) is 78.4 Å². The second-order valence-corrected chi connectivity index (χ2v) is 5.46. The Morgan fingerprint density at radius 2 is 1.84 bits per heavy atom. The van der Waals surface area contributed by atoms with Crippen molar-refractivity contribution in [3.8, 4) is 11.5 Å². The average molecular weight is 370 g/mol. The lowest BCUT2D eigenvalue weighted by molar-refractivity contribution is 0.101. The lowest BCUT2D eigenvalue weighted by Gasteiger charge is -2.11. The maximum atomic E-state index is 13.5. The zero-order valence-corrected chi connectivity index (χ0v) is 12.7. The fourth-order valence-electron chi connectivity index (χ4n) is 1.64. The van der Waals surface area contributed by atoms with E-state index >= 15 is 0 Å². The first-order valence-electron chi connectivity index (χ1n) is 5.72. The van der Waals surface area contributed by atoms with E-state index in [9.17, 15) is 9.18 Å². The molecule has 0 bridgehead atoms. The molecule has 2 nitrogen and oxygen atoms in total. The topological polar surface area (TPSA) is 26.3 Å². The summed E-state index contributed by atoms with van der Waals surface area (Å²) in [6.45, 7) is 3.03. The molecule has 0 aliphatic heterocycles. The van der Waals surface area contributed by atoms with E-state index < -0.39 is 5.82 Å². The molecule has 0 saturated carbocycles. The van der Waals surface area contributed by atoms with Gasteiger partial charge in [0.15, 0.2) is 5.78 Å². The average Bonchev–Trinajstić information content (AvgIpc) is 2.36. The van der Waals surface area contributed by atoms with E-state index in [0.29, 0.717) is 17.1 Å². The van der Waals surface area contributed by atoms with Crippen molar-refractivity contribution in [1.82, 2.24) is 0 Å². The molecule has 98 valence electrons. The van der Waals surface area contributed by atoms with Crippen LogP contribution in [0.3, 0.4) is 0 Å². The van der Waals surface area contributed by atoms with Gasteiger partial charge >= 0.3 is 0 Å². The van der Waals surface area contributed by atoms with Gasteiger partial charge in [-0.2, -0.15) is 0 Å². The van der Waals surface area contributed by atoms with Crippen LogP contribution < -0.4 is 4.74 Å². The summed E-state index contributed by atoms with van der Waals surface area (Å²) in [7, 11) is 0. The van der Waals surface area contributed by atoms with Gasteiger partial charge in [0.2, 0.25) is 0 Å². The van der Waals surface area contributed by atoms with Crippen LogP contribution in [0, 0.1) is 16.3 Å². The number of carbonyl (C=O) groups is 1. The summed E-state index contributed by atoms with van der Waals surface area (Å²) in [6, 6.07) is 10.2. The molecular weight excluding hydrogens is 358 g/mol. The van der Waals surface area contributed by atoms with Gasteiger partial charge in [0.1, 0.15) is 17.3 Å². The molecule has 0 atom stereocenters. The SMILES string of the molecule is CC(=O)c1cc(F)c(C)cc1Oc1ccc(I)cc1. The number of aryl methyl sites for hydroxylation is 1. The van der Waals surface area contributed by atoms with Crippen LogP contribution in [0.25, 0.3) is 0 Å². The molecule has 4 heteroatoms. The summed E-state index contributed by atoms with van der Waals surface area (Å²) in [5, 5.41) is 0. The monoisotopic (exact) mass is 370 g/mol. The Hall–Kier alpha value is -1.43. The number of benzene rings is 2. The molecule has 0 saturated heterocycles. The second kappa shape index (κ2) is 5.69. The summed E-state index contributed by atoms with van der Waals surface area (Å²) in [5.74, 6) is 0.376. The van der Waals surface area contributed by atoms with E-state index in [1.54, 1.807) is 13.0 Å². The first-order chi connectivity index (χ1) is 8.97. The van der Waals surface area contributed by atoms with Gasteiger partial charge in [-0.15, -0.1) is 0 Å². The lowest BCUT2D eigenvalue weighted by Crippen LogP contribution is -1.99. The Morgan fingerprint density at radius 1 is 1.21 bits per heavy atom. The van der Waals surface area contributed by atoms with Crippen molar-refractivity contribution >= 4 is 28.4 Å². The number of rotatable bonds is 3. The van der Waals surface area contributed by atoms with Crippen LogP contribution in [0.2, 0.25) is 0 Å². The maximum Gasteiger partial charge on any atom is 0.163 e. The summed E-state index contributed by atoms with van der Waals surface area (Å²) >= 11 is 2.20.